The summed E-state index contributed by atoms with van der Waals surface area (Å²) < 4.78 is 2.04. The van der Waals surface area contributed by atoms with E-state index in [1.807, 2.05) is 46.0 Å². The molecule has 5 heterocycles. The maximum atomic E-state index is 13.0. The van der Waals surface area contributed by atoms with Crippen molar-refractivity contribution in [1.29, 1.82) is 0 Å². The topological polar surface area (TPSA) is 131 Å². The molecule has 0 spiro atoms. The SMILES string of the molecule is Nc1nc(C23CC4CC2C(C3)N4C(=O)c2ncn[nH]2)cn2c(-c3ccc(-c4ccccc4)nc3)cnc12. The lowest BCUT2D eigenvalue weighted by molar-refractivity contribution is -0.0167. The van der Waals surface area contributed by atoms with Gasteiger partial charge in [-0.1, -0.05) is 30.3 Å². The zero-order valence-corrected chi connectivity index (χ0v) is 19.8. The van der Waals surface area contributed by atoms with Crippen LogP contribution in [0.5, 0.6) is 0 Å². The first-order valence-electron chi connectivity index (χ1n) is 12.5. The molecule has 8 rings (SSSR count). The van der Waals surface area contributed by atoms with Crippen LogP contribution in [-0.2, 0) is 5.41 Å². The molecular formula is C27H23N9O. The lowest BCUT2D eigenvalue weighted by Gasteiger charge is -2.57. The van der Waals surface area contributed by atoms with Crippen LogP contribution in [0.1, 0.15) is 35.6 Å². The molecule has 4 unspecified atom stereocenters. The highest BCUT2D eigenvalue weighted by molar-refractivity contribution is 5.91. The highest BCUT2D eigenvalue weighted by Crippen LogP contribution is 2.66. The van der Waals surface area contributed by atoms with E-state index in [1.54, 1.807) is 0 Å². The second-order valence-corrected chi connectivity index (χ2v) is 10.3. The summed E-state index contributed by atoms with van der Waals surface area (Å²) in [5, 5.41) is 6.56. The predicted molar refractivity (Wildman–Crippen MR) is 135 cm³/mol. The van der Waals surface area contributed by atoms with Gasteiger partial charge in [0.1, 0.15) is 6.33 Å². The molecule has 3 aliphatic rings. The first-order chi connectivity index (χ1) is 18.1. The van der Waals surface area contributed by atoms with Crippen molar-refractivity contribution in [3.8, 4) is 22.5 Å². The van der Waals surface area contributed by atoms with Gasteiger partial charge in [0.15, 0.2) is 11.5 Å². The summed E-state index contributed by atoms with van der Waals surface area (Å²) >= 11 is 0. The highest BCUT2D eigenvalue weighted by Gasteiger charge is 2.70. The number of nitrogens with two attached hydrogens (primary N) is 1. The van der Waals surface area contributed by atoms with Crippen LogP contribution in [0.3, 0.4) is 0 Å². The van der Waals surface area contributed by atoms with Gasteiger partial charge in [0, 0.05) is 41.0 Å². The van der Waals surface area contributed by atoms with Gasteiger partial charge in [-0.15, -0.1) is 0 Å². The van der Waals surface area contributed by atoms with Gasteiger partial charge in [-0.25, -0.2) is 15.0 Å². The number of anilines is 1. The number of fused-ring (bicyclic) bond motifs is 2. The van der Waals surface area contributed by atoms with E-state index in [1.165, 1.54) is 6.33 Å². The minimum atomic E-state index is -0.0627. The summed E-state index contributed by atoms with van der Waals surface area (Å²) in [5.41, 5.74) is 11.9. The van der Waals surface area contributed by atoms with Gasteiger partial charge in [0.2, 0.25) is 5.82 Å². The summed E-state index contributed by atoms with van der Waals surface area (Å²) in [7, 11) is 0. The maximum Gasteiger partial charge on any atom is 0.291 e. The van der Waals surface area contributed by atoms with Crippen LogP contribution in [0.25, 0.3) is 28.2 Å². The third kappa shape index (κ3) is 2.75. The lowest BCUT2D eigenvalue weighted by atomic mass is 9.55. The van der Waals surface area contributed by atoms with Crippen LogP contribution in [0.4, 0.5) is 5.82 Å². The number of carbonyl (C=O) groups excluding carboxylic acids is 1. The van der Waals surface area contributed by atoms with Gasteiger partial charge in [-0.05, 0) is 37.3 Å². The van der Waals surface area contributed by atoms with Crippen LogP contribution in [0.2, 0.25) is 0 Å². The molecule has 10 heteroatoms. The Bertz CT molecular complexity index is 1660. The fourth-order valence-corrected chi connectivity index (χ4v) is 7.00. The number of benzene rings is 1. The van der Waals surface area contributed by atoms with Gasteiger partial charge < -0.3 is 10.6 Å². The van der Waals surface area contributed by atoms with Crippen molar-refractivity contribution in [2.75, 3.05) is 5.73 Å². The summed E-state index contributed by atoms with van der Waals surface area (Å²) in [6.45, 7) is 0. The van der Waals surface area contributed by atoms with Crippen molar-refractivity contribution < 1.29 is 4.79 Å². The average molecular weight is 490 g/mol. The number of carbonyl (C=O) groups is 1. The molecule has 3 N–H and O–H groups in total. The summed E-state index contributed by atoms with van der Waals surface area (Å²) in [6, 6.07) is 14.6. The quantitative estimate of drug-likeness (QED) is 0.397. The number of nitrogens with zero attached hydrogens (tertiary/aromatic N) is 7. The average Bonchev–Trinajstić information content (AvgIpc) is 3.71. The molecule has 0 radical (unpaired) electrons. The Hall–Kier alpha value is -4.60. The van der Waals surface area contributed by atoms with E-state index in [9.17, 15) is 4.79 Å². The van der Waals surface area contributed by atoms with Crippen molar-refractivity contribution in [2.24, 2.45) is 5.92 Å². The highest BCUT2D eigenvalue weighted by atomic mass is 16.2. The molecule has 1 saturated heterocycles. The lowest BCUT2D eigenvalue weighted by Crippen LogP contribution is -2.63. The van der Waals surface area contributed by atoms with Gasteiger partial charge in [-0.3, -0.25) is 19.3 Å². The number of rotatable bonds is 4. The molecule has 37 heavy (non-hydrogen) atoms. The second-order valence-electron chi connectivity index (χ2n) is 10.3. The molecule has 3 fully saturated rings. The van der Waals surface area contributed by atoms with Gasteiger partial charge in [0.05, 0.1) is 23.3 Å². The van der Waals surface area contributed by atoms with E-state index in [4.69, 9.17) is 15.7 Å². The van der Waals surface area contributed by atoms with Crippen LogP contribution in [-0.4, -0.2) is 57.4 Å². The third-order valence-electron chi connectivity index (χ3n) is 8.63. The number of hydrogen-bond acceptors (Lipinski definition) is 7. The van der Waals surface area contributed by atoms with Crippen molar-refractivity contribution in [3.63, 3.8) is 0 Å². The molecule has 10 nitrogen and oxygen atoms in total. The monoisotopic (exact) mass is 489 g/mol. The molecule has 4 aromatic heterocycles. The molecule has 2 bridgehead atoms. The van der Waals surface area contributed by atoms with E-state index >= 15 is 0 Å². The van der Waals surface area contributed by atoms with Crippen molar-refractivity contribution >= 4 is 17.4 Å². The molecule has 182 valence electrons. The number of hydrogen-bond donors (Lipinski definition) is 2. The van der Waals surface area contributed by atoms with Crippen LogP contribution < -0.4 is 5.73 Å². The third-order valence-corrected chi connectivity index (χ3v) is 8.63. The Labute approximate surface area is 211 Å². The second kappa shape index (κ2) is 7.22. The van der Waals surface area contributed by atoms with E-state index in [2.05, 4.69) is 44.6 Å². The van der Waals surface area contributed by atoms with Crippen LogP contribution in [0, 0.1) is 5.92 Å². The Kier molecular flexibility index (Phi) is 4.02. The van der Waals surface area contributed by atoms with Crippen molar-refractivity contribution in [1.82, 2.24) is 39.4 Å². The van der Waals surface area contributed by atoms with Crippen LogP contribution in [0.15, 0.2) is 67.4 Å². The molecule has 2 saturated carbocycles. The molecule has 1 aliphatic heterocycles. The number of amides is 1. The number of piperidine rings is 2. The predicted octanol–water partition coefficient (Wildman–Crippen LogP) is 3.10. The van der Waals surface area contributed by atoms with Gasteiger partial charge >= 0.3 is 0 Å². The summed E-state index contributed by atoms with van der Waals surface area (Å²) in [4.78, 5) is 33.2. The summed E-state index contributed by atoms with van der Waals surface area (Å²) in [6.07, 6.45) is 9.92. The van der Waals surface area contributed by atoms with E-state index < -0.39 is 0 Å². The first-order valence-corrected chi connectivity index (χ1v) is 12.5. The van der Waals surface area contributed by atoms with E-state index in [0.29, 0.717) is 23.2 Å². The number of aromatic nitrogens is 7. The van der Waals surface area contributed by atoms with E-state index in [0.717, 1.165) is 47.5 Å². The molecule has 2 aliphatic carbocycles. The fourth-order valence-electron chi connectivity index (χ4n) is 7.00. The normalized spacial score (nSPS) is 25.5. The number of nitrogen functional groups attached to an aromatic ring is 1. The molecule has 5 aromatic rings. The Morgan fingerprint density at radius 1 is 1.03 bits per heavy atom. The zero-order chi connectivity index (χ0) is 24.7. The Balaban J connectivity index is 1.13. The summed E-state index contributed by atoms with van der Waals surface area (Å²) in [5.74, 6) is 1.04. The minimum Gasteiger partial charge on any atom is -0.381 e. The maximum absolute atomic E-state index is 13.0. The number of aromatic amines is 1. The smallest absolute Gasteiger partial charge is 0.291 e. The Morgan fingerprint density at radius 2 is 1.92 bits per heavy atom. The zero-order valence-electron chi connectivity index (χ0n) is 19.8. The molecule has 1 aromatic carbocycles. The Morgan fingerprint density at radius 3 is 2.65 bits per heavy atom. The molecule has 1 amide bonds. The number of pyridine rings is 1. The van der Waals surface area contributed by atoms with E-state index in [-0.39, 0.29) is 23.4 Å². The largest absolute Gasteiger partial charge is 0.381 e. The van der Waals surface area contributed by atoms with Gasteiger partial charge in [0.25, 0.3) is 5.91 Å². The molecule has 4 atom stereocenters. The van der Waals surface area contributed by atoms with Gasteiger partial charge in [-0.2, -0.15) is 5.10 Å². The molecular weight excluding hydrogens is 466 g/mol. The van der Waals surface area contributed by atoms with Crippen molar-refractivity contribution in [2.45, 2.75) is 36.8 Å². The minimum absolute atomic E-state index is 0.0606. The number of likely N-dealkylation sites (tertiary alicyclic amines) is 1. The first kappa shape index (κ1) is 20.6. The standard InChI is InChI=1S/C27H23N9O/c28-23-25-30-12-21(16-6-7-19(29-11-16)15-4-2-1-3-5-15)35(25)13-22(33-23)27-9-17-8-18(27)20(10-27)36(17)26(37)24-31-14-32-34-24/h1-7,11-14,17-18,20H,8-10H2,(H2,28,33)(H,31,32,34). The number of nitrogens with one attached hydrogen (secondary N) is 1. The number of H-pyrrole nitrogens is 1. The fraction of sp³-hybridized carbons (Fsp3) is 0.259. The van der Waals surface area contributed by atoms with Crippen LogP contribution >= 0.6 is 0 Å². The number of imidazole rings is 1. The van der Waals surface area contributed by atoms with Crippen molar-refractivity contribution in [3.05, 3.63) is 78.9 Å².